The van der Waals surface area contributed by atoms with Gasteiger partial charge in [0.25, 0.3) is 0 Å². The zero-order valence-electron chi connectivity index (χ0n) is 8.79. The third-order valence-electron chi connectivity index (χ3n) is 2.02. The first-order valence-corrected chi connectivity index (χ1v) is 4.83. The molecule has 80 valence electrons. The summed E-state index contributed by atoms with van der Waals surface area (Å²) in [5, 5.41) is 8.49. The zero-order valence-corrected chi connectivity index (χ0v) is 8.79. The van der Waals surface area contributed by atoms with Crippen LogP contribution in [0.25, 0.3) is 0 Å². The van der Waals surface area contributed by atoms with Crippen LogP contribution in [0.2, 0.25) is 0 Å². The van der Waals surface area contributed by atoms with Gasteiger partial charge in [0.15, 0.2) is 0 Å². The molecule has 0 fully saturated rings. The summed E-state index contributed by atoms with van der Waals surface area (Å²) < 4.78 is 7.17. The lowest BCUT2D eigenvalue weighted by molar-refractivity contribution is 0.0981. The molecule has 0 amide bonds. The van der Waals surface area contributed by atoms with Crippen molar-refractivity contribution in [3.8, 4) is 0 Å². The average molecular weight is 198 g/mol. The molecule has 0 aromatic carbocycles. The Balaban J connectivity index is 2.24. The lowest BCUT2D eigenvalue weighted by Gasteiger charge is -2.12. The standard InChI is InChI=1S/C10H18N2O2/c1-9-3-4-10(2)12(9)11-5-7-14-8-6-13/h3-4,11,13H,5-8H2,1-2H3. The molecule has 0 atom stereocenters. The third kappa shape index (κ3) is 3.05. The predicted molar refractivity (Wildman–Crippen MR) is 56.0 cm³/mol. The zero-order chi connectivity index (χ0) is 10.4. The highest BCUT2D eigenvalue weighted by Crippen LogP contribution is 2.03. The Morgan fingerprint density at radius 1 is 1.29 bits per heavy atom. The molecule has 1 aromatic rings. The third-order valence-corrected chi connectivity index (χ3v) is 2.02. The summed E-state index contributed by atoms with van der Waals surface area (Å²) in [7, 11) is 0. The average Bonchev–Trinajstić information content (AvgIpc) is 2.48. The van der Waals surface area contributed by atoms with Gasteiger partial charge in [-0.25, -0.2) is 0 Å². The summed E-state index contributed by atoms with van der Waals surface area (Å²) >= 11 is 0. The Bertz CT molecular complexity index is 252. The summed E-state index contributed by atoms with van der Waals surface area (Å²) in [5.74, 6) is 0. The van der Waals surface area contributed by atoms with Gasteiger partial charge in [0, 0.05) is 11.4 Å². The number of aryl methyl sites for hydroxylation is 2. The van der Waals surface area contributed by atoms with Gasteiger partial charge in [-0.1, -0.05) is 0 Å². The highest BCUT2D eigenvalue weighted by atomic mass is 16.5. The number of hydrogen-bond donors (Lipinski definition) is 2. The van der Waals surface area contributed by atoms with Crippen LogP contribution < -0.4 is 5.43 Å². The molecule has 1 aromatic heterocycles. The van der Waals surface area contributed by atoms with E-state index in [1.54, 1.807) is 0 Å². The number of aromatic nitrogens is 1. The van der Waals surface area contributed by atoms with Gasteiger partial charge in [0.2, 0.25) is 0 Å². The summed E-state index contributed by atoms with van der Waals surface area (Å²) in [6.45, 7) is 5.95. The molecule has 1 rings (SSSR count). The van der Waals surface area contributed by atoms with Crippen molar-refractivity contribution in [2.75, 3.05) is 31.8 Å². The molecule has 0 saturated heterocycles. The number of hydrogen-bond acceptors (Lipinski definition) is 3. The van der Waals surface area contributed by atoms with Crippen molar-refractivity contribution in [1.29, 1.82) is 0 Å². The minimum absolute atomic E-state index is 0.0849. The van der Waals surface area contributed by atoms with E-state index in [-0.39, 0.29) is 6.61 Å². The molecule has 0 aliphatic rings. The number of nitrogens with zero attached hydrogens (tertiary/aromatic N) is 1. The van der Waals surface area contributed by atoms with Crippen molar-refractivity contribution in [2.45, 2.75) is 13.8 Å². The highest BCUT2D eigenvalue weighted by Gasteiger charge is 1.98. The van der Waals surface area contributed by atoms with Crippen LogP contribution in [0.5, 0.6) is 0 Å². The molecule has 4 heteroatoms. The lowest BCUT2D eigenvalue weighted by Crippen LogP contribution is -2.22. The van der Waals surface area contributed by atoms with Gasteiger partial charge in [-0.15, -0.1) is 0 Å². The summed E-state index contributed by atoms with van der Waals surface area (Å²) in [4.78, 5) is 0. The lowest BCUT2D eigenvalue weighted by atomic mass is 10.5. The molecular formula is C10H18N2O2. The minimum Gasteiger partial charge on any atom is -0.394 e. The van der Waals surface area contributed by atoms with Crippen LogP contribution in [0, 0.1) is 13.8 Å². The summed E-state index contributed by atoms with van der Waals surface area (Å²) in [5.41, 5.74) is 5.60. The normalized spacial score (nSPS) is 10.5. The Hall–Kier alpha value is -1.00. The van der Waals surface area contributed by atoms with E-state index in [0.717, 1.165) is 6.54 Å². The molecule has 0 aliphatic heterocycles. The molecule has 4 nitrogen and oxygen atoms in total. The second-order valence-corrected chi connectivity index (χ2v) is 3.20. The molecule has 14 heavy (non-hydrogen) atoms. The molecule has 0 saturated carbocycles. The monoisotopic (exact) mass is 198 g/mol. The van der Waals surface area contributed by atoms with E-state index in [1.807, 2.05) is 4.68 Å². The number of rotatable bonds is 6. The van der Waals surface area contributed by atoms with Crippen molar-refractivity contribution in [2.24, 2.45) is 0 Å². The molecule has 0 unspecified atom stereocenters. The van der Waals surface area contributed by atoms with E-state index >= 15 is 0 Å². The maximum atomic E-state index is 8.49. The maximum absolute atomic E-state index is 8.49. The van der Waals surface area contributed by atoms with Crippen LogP contribution in [-0.2, 0) is 4.74 Å². The van der Waals surface area contributed by atoms with Gasteiger partial charge in [0.1, 0.15) is 0 Å². The fourth-order valence-electron chi connectivity index (χ4n) is 1.31. The van der Waals surface area contributed by atoms with Crippen LogP contribution in [0.3, 0.4) is 0 Å². The van der Waals surface area contributed by atoms with Crippen molar-refractivity contribution in [1.82, 2.24) is 4.68 Å². The fourth-order valence-corrected chi connectivity index (χ4v) is 1.31. The van der Waals surface area contributed by atoms with Crippen LogP contribution >= 0.6 is 0 Å². The van der Waals surface area contributed by atoms with Crippen LogP contribution in [-0.4, -0.2) is 36.1 Å². The quantitative estimate of drug-likeness (QED) is 0.660. The maximum Gasteiger partial charge on any atom is 0.0698 e. The minimum atomic E-state index is 0.0849. The fraction of sp³-hybridized carbons (Fsp3) is 0.600. The van der Waals surface area contributed by atoms with Gasteiger partial charge in [0.05, 0.1) is 26.4 Å². The second-order valence-electron chi connectivity index (χ2n) is 3.20. The predicted octanol–water partition coefficient (Wildman–Crippen LogP) is 0.657. The van der Waals surface area contributed by atoms with E-state index in [2.05, 4.69) is 31.4 Å². The Labute approximate surface area is 84.5 Å². The summed E-state index contributed by atoms with van der Waals surface area (Å²) in [6, 6.07) is 4.13. The van der Waals surface area contributed by atoms with E-state index in [0.29, 0.717) is 13.2 Å². The molecular weight excluding hydrogens is 180 g/mol. The van der Waals surface area contributed by atoms with Crippen molar-refractivity contribution in [3.63, 3.8) is 0 Å². The van der Waals surface area contributed by atoms with Crippen molar-refractivity contribution >= 4 is 0 Å². The van der Waals surface area contributed by atoms with Gasteiger partial charge >= 0.3 is 0 Å². The molecule has 0 radical (unpaired) electrons. The van der Waals surface area contributed by atoms with Crippen molar-refractivity contribution in [3.05, 3.63) is 23.5 Å². The van der Waals surface area contributed by atoms with Gasteiger partial charge in [-0.2, -0.15) is 0 Å². The summed E-state index contributed by atoms with van der Waals surface area (Å²) in [6.07, 6.45) is 0. The number of aliphatic hydroxyl groups is 1. The van der Waals surface area contributed by atoms with Gasteiger partial charge < -0.3 is 15.3 Å². The molecule has 2 N–H and O–H groups in total. The number of nitrogens with one attached hydrogen (secondary N) is 1. The smallest absolute Gasteiger partial charge is 0.0698 e. The first kappa shape index (κ1) is 11.1. The van der Waals surface area contributed by atoms with E-state index in [9.17, 15) is 0 Å². The first-order valence-electron chi connectivity index (χ1n) is 4.83. The Morgan fingerprint density at radius 3 is 2.50 bits per heavy atom. The number of ether oxygens (including phenoxy) is 1. The van der Waals surface area contributed by atoms with E-state index < -0.39 is 0 Å². The van der Waals surface area contributed by atoms with Crippen LogP contribution in [0.15, 0.2) is 12.1 Å². The molecule has 0 spiro atoms. The first-order chi connectivity index (χ1) is 6.75. The Kier molecular flexibility index (Phi) is 4.49. The second kappa shape index (κ2) is 5.67. The Morgan fingerprint density at radius 2 is 1.93 bits per heavy atom. The van der Waals surface area contributed by atoms with E-state index in [1.165, 1.54) is 11.4 Å². The largest absolute Gasteiger partial charge is 0.394 e. The van der Waals surface area contributed by atoms with Crippen LogP contribution in [0.1, 0.15) is 11.4 Å². The number of aliphatic hydroxyl groups excluding tert-OH is 1. The van der Waals surface area contributed by atoms with Gasteiger partial charge in [-0.05, 0) is 26.0 Å². The van der Waals surface area contributed by atoms with Gasteiger partial charge in [-0.3, -0.25) is 4.68 Å². The van der Waals surface area contributed by atoms with E-state index in [4.69, 9.17) is 9.84 Å². The molecule has 1 heterocycles. The van der Waals surface area contributed by atoms with Crippen molar-refractivity contribution < 1.29 is 9.84 Å². The molecule has 0 bridgehead atoms. The topological polar surface area (TPSA) is 46.4 Å². The SMILES string of the molecule is Cc1ccc(C)n1NCCOCCO. The highest BCUT2D eigenvalue weighted by molar-refractivity contribution is 5.15. The molecule has 0 aliphatic carbocycles. The van der Waals surface area contributed by atoms with Crippen LogP contribution in [0.4, 0.5) is 0 Å².